The molecule has 0 spiro atoms. The molecule has 0 aliphatic carbocycles. The third-order valence-electron chi connectivity index (χ3n) is 5.77. The van der Waals surface area contributed by atoms with Gasteiger partial charge in [0.05, 0.1) is 6.54 Å². The molecular formula is C24H36ClIN6. The number of anilines is 1. The van der Waals surface area contributed by atoms with E-state index in [0.717, 1.165) is 42.0 Å². The lowest BCUT2D eigenvalue weighted by Crippen LogP contribution is -2.45. The fourth-order valence-electron chi connectivity index (χ4n) is 4.38. The molecule has 1 aliphatic rings. The van der Waals surface area contributed by atoms with E-state index in [2.05, 4.69) is 52.7 Å². The minimum Gasteiger partial charge on any atom is -0.362 e. The van der Waals surface area contributed by atoms with Gasteiger partial charge in [0.25, 0.3) is 0 Å². The molecule has 176 valence electrons. The van der Waals surface area contributed by atoms with Crippen LogP contribution in [0, 0.1) is 5.92 Å². The van der Waals surface area contributed by atoms with Crippen LogP contribution in [0.2, 0.25) is 5.02 Å². The molecule has 2 atom stereocenters. The Morgan fingerprint density at radius 1 is 1.25 bits per heavy atom. The number of hydrogen-bond acceptors (Lipinski definition) is 4. The van der Waals surface area contributed by atoms with Crippen LogP contribution in [0.5, 0.6) is 0 Å². The normalized spacial score (nSPS) is 19.2. The highest BCUT2D eigenvalue weighted by Gasteiger charge is 2.30. The summed E-state index contributed by atoms with van der Waals surface area (Å²) in [6.45, 7) is 5.47. The molecule has 1 aromatic carbocycles. The van der Waals surface area contributed by atoms with Gasteiger partial charge in [0.1, 0.15) is 5.82 Å². The van der Waals surface area contributed by atoms with Crippen molar-refractivity contribution in [1.82, 2.24) is 20.5 Å². The number of rotatable bonds is 7. The number of nitrogens with zero attached hydrogens (tertiary/aromatic N) is 4. The lowest BCUT2D eigenvalue weighted by atomic mass is 9.85. The molecule has 2 heterocycles. The van der Waals surface area contributed by atoms with Crippen LogP contribution >= 0.6 is 35.6 Å². The first-order chi connectivity index (χ1) is 15.0. The average molecular weight is 571 g/mol. The number of guanidine groups is 1. The van der Waals surface area contributed by atoms with E-state index < -0.39 is 0 Å². The average Bonchev–Trinajstić information content (AvgIpc) is 2.75. The zero-order valence-electron chi connectivity index (χ0n) is 19.5. The van der Waals surface area contributed by atoms with Gasteiger partial charge in [0.2, 0.25) is 0 Å². The van der Waals surface area contributed by atoms with Crippen LogP contribution in [0.3, 0.4) is 0 Å². The van der Waals surface area contributed by atoms with Gasteiger partial charge < -0.3 is 15.5 Å². The first kappa shape index (κ1) is 26.7. The minimum atomic E-state index is 0. The highest BCUT2D eigenvalue weighted by Crippen LogP contribution is 2.35. The molecule has 2 aromatic rings. The van der Waals surface area contributed by atoms with Crippen LogP contribution in [0.15, 0.2) is 47.6 Å². The number of hydrogen-bond donors (Lipinski definition) is 2. The highest BCUT2D eigenvalue weighted by atomic mass is 127. The first-order valence-corrected chi connectivity index (χ1v) is 11.5. The largest absolute Gasteiger partial charge is 0.362 e. The predicted octanol–water partition coefficient (Wildman–Crippen LogP) is 4.56. The van der Waals surface area contributed by atoms with Gasteiger partial charge in [-0.2, -0.15) is 0 Å². The smallest absolute Gasteiger partial charge is 0.191 e. The third kappa shape index (κ3) is 7.22. The number of pyridine rings is 1. The molecule has 1 fully saturated rings. The third-order valence-corrected chi connectivity index (χ3v) is 6.01. The van der Waals surface area contributed by atoms with Crippen LogP contribution in [-0.2, 0) is 6.54 Å². The Hall–Kier alpha value is -1.58. The van der Waals surface area contributed by atoms with E-state index in [1.165, 1.54) is 18.4 Å². The number of aromatic nitrogens is 1. The number of halogens is 2. The van der Waals surface area contributed by atoms with E-state index in [4.69, 9.17) is 16.6 Å². The lowest BCUT2D eigenvalue weighted by molar-refractivity contribution is 0.122. The zero-order chi connectivity index (χ0) is 22.2. The van der Waals surface area contributed by atoms with Gasteiger partial charge in [-0.1, -0.05) is 29.8 Å². The second kappa shape index (κ2) is 13.2. The molecule has 1 saturated heterocycles. The molecule has 0 bridgehead atoms. The van der Waals surface area contributed by atoms with Crippen LogP contribution in [0.1, 0.15) is 36.9 Å². The Balaban J connectivity index is 0.00000363. The van der Waals surface area contributed by atoms with E-state index in [0.29, 0.717) is 18.5 Å². The van der Waals surface area contributed by atoms with Crippen molar-refractivity contribution in [1.29, 1.82) is 0 Å². The molecule has 1 aromatic heterocycles. The van der Waals surface area contributed by atoms with Gasteiger partial charge in [-0.05, 0) is 63.0 Å². The molecule has 1 aliphatic heterocycles. The van der Waals surface area contributed by atoms with Crippen molar-refractivity contribution >= 4 is 47.4 Å². The molecule has 0 radical (unpaired) electrons. The second-order valence-corrected chi connectivity index (χ2v) is 8.78. The van der Waals surface area contributed by atoms with Crippen molar-refractivity contribution in [3.8, 4) is 0 Å². The summed E-state index contributed by atoms with van der Waals surface area (Å²) in [6, 6.07) is 12.7. The highest BCUT2D eigenvalue weighted by molar-refractivity contribution is 14.0. The fourth-order valence-corrected chi connectivity index (χ4v) is 4.58. The summed E-state index contributed by atoms with van der Waals surface area (Å²) in [5.74, 6) is 2.28. The lowest BCUT2D eigenvalue weighted by Gasteiger charge is -2.40. The quantitative estimate of drug-likeness (QED) is 0.291. The number of aliphatic imine (C=N–C) groups is 1. The topological polar surface area (TPSA) is 55.8 Å². The number of likely N-dealkylation sites (tertiary alicyclic amines) is 1. The maximum Gasteiger partial charge on any atom is 0.191 e. The zero-order valence-corrected chi connectivity index (χ0v) is 22.6. The van der Waals surface area contributed by atoms with Gasteiger partial charge in [0, 0.05) is 50.0 Å². The molecule has 2 N–H and O–H groups in total. The van der Waals surface area contributed by atoms with Crippen molar-refractivity contribution in [2.75, 3.05) is 45.7 Å². The summed E-state index contributed by atoms with van der Waals surface area (Å²) in [7, 11) is 6.23. The van der Waals surface area contributed by atoms with Crippen LogP contribution in [0.25, 0.3) is 0 Å². The van der Waals surface area contributed by atoms with Gasteiger partial charge in [-0.25, -0.2) is 9.98 Å². The minimum absolute atomic E-state index is 0. The molecule has 0 saturated carbocycles. The summed E-state index contributed by atoms with van der Waals surface area (Å²) >= 11 is 6.29. The van der Waals surface area contributed by atoms with Crippen molar-refractivity contribution < 1.29 is 0 Å². The standard InChI is InChI=1S/C24H35ClN6.HI/c1-5-26-24(29-17-20-10-7-13-27-23(20)30(2)3)28-16-19-11-8-14-31(4)22(19)18-9-6-12-21(25)15-18;/h6-7,9-10,12-13,15,19,22H,5,8,11,14,16-17H2,1-4H3,(H2,26,28,29);1H. The summed E-state index contributed by atoms with van der Waals surface area (Å²) in [4.78, 5) is 13.8. The van der Waals surface area contributed by atoms with Gasteiger partial charge in [0.15, 0.2) is 5.96 Å². The SMILES string of the molecule is CCNC(=NCc1cccnc1N(C)C)NCC1CCCN(C)C1c1cccc(Cl)c1.I. The van der Waals surface area contributed by atoms with Crippen LogP contribution in [0.4, 0.5) is 5.82 Å². The summed E-state index contributed by atoms with van der Waals surface area (Å²) in [6.07, 6.45) is 4.21. The molecule has 0 amide bonds. The van der Waals surface area contributed by atoms with Crippen molar-refractivity contribution in [2.24, 2.45) is 10.9 Å². The molecule has 32 heavy (non-hydrogen) atoms. The molecule has 8 heteroatoms. The summed E-state index contributed by atoms with van der Waals surface area (Å²) < 4.78 is 0. The Labute approximate surface area is 214 Å². The van der Waals surface area contributed by atoms with Crippen LogP contribution < -0.4 is 15.5 Å². The van der Waals surface area contributed by atoms with E-state index in [1.807, 2.05) is 43.4 Å². The molecule has 2 unspecified atom stereocenters. The number of piperidine rings is 1. The number of nitrogens with one attached hydrogen (secondary N) is 2. The fraction of sp³-hybridized carbons (Fsp3) is 0.500. The predicted molar refractivity (Wildman–Crippen MR) is 146 cm³/mol. The Kier molecular flexibility index (Phi) is 11.0. The van der Waals surface area contributed by atoms with E-state index >= 15 is 0 Å². The Morgan fingerprint density at radius 3 is 2.78 bits per heavy atom. The van der Waals surface area contributed by atoms with Crippen LogP contribution in [-0.4, -0.2) is 56.6 Å². The van der Waals surface area contributed by atoms with E-state index in [9.17, 15) is 0 Å². The van der Waals surface area contributed by atoms with Gasteiger partial charge in [-0.3, -0.25) is 4.90 Å². The Morgan fingerprint density at radius 2 is 2.06 bits per heavy atom. The maximum atomic E-state index is 6.29. The van der Waals surface area contributed by atoms with E-state index in [-0.39, 0.29) is 24.0 Å². The van der Waals surface area contributed by atoms with Gasteiger partial charge >= 0.3 is 0 Å². The summed E-state index contributed by atoms with van der Waals surface area (Å²) in [5.41, 5.74) is 2.40. The first-order valence-electron chi connectivity index (χ1n) is 11.1. The molecular weight excluding hydrogens is 535 g/mol. The van der Waals surface area contributed by atoms with Crippen molar-refractivity contribution in [3.05, 3.63) is 58.7 Å². The summed E-state index contributed by atoms with van der Waals surface area (Å²) in [5, 5.41) is 7.77. The maximum absolute atomic E-state index is 6.29. The molecule has 3 rings (SSSR count). The molecule has 6 nitrogen and oxygen atoms in total. The van der Waals surface area contributed by atoms with Gasteiger partial charge in [-0.15, -0.1) is 24.0 Å². The van der Waals surface area contributed by atoms with E-state index in [1.54, 1.807) is 0 Å². The monoisotopic (exact) mass is 570 g/mol. The van der Waals surface area contributed by atoms with Crippen molar-refractivity contribution in [2.45, 2.75) is 32.4 Å². The Bertz CT molecular complexity index is 875. The second-order valence-electron chi connectivity index (χ2n) is 8.34. The number of benzene rings is 1. The van der Waals surface area contributed by atoms with Crippen molar-refractivity contribution in [3.63, 3.8) is 0 Å².